The van der Waals surface area contributed by atoms with Crippen molar-refractivity contribution in [3.05, 3.63) is 23.8 Å². The van der Waals surface area contributed by atoms with E-state index in [9.17, 15) is 5.11 Å². The fourth-order valence-corrected chi connectivity index (χ4v) is 1.32. The molecule has 3 N–H and O–H groups in total. The summed E-state index contributed by atoms with van der Waals surface area (Å²) in [6.07, 6.45) is 0. The summed E-state index contributed by atoms with van der Waals surface area (Å²) in [6.45, 7) is 0.428. The molecule has 0 spiro atoms. The van der Waals surface area contributed by atoms with E-state index >= 15 is 0 Å². The van der Waals surface area contributed by atoms with Crippen molar-refractivity contribution >= 4 is 17.2 Å². The van der Waals surface area contributed by atoms with Crippen molar-refractivity contribution in [2.75, 3.05) is 20.3 Å². The van der Waals surface area contributed by atoms with Crippen molar-refractivity contribution in [1.29, 1.82) is 0 Å². The number of benzene rings is 1. The quantitative estimate of drug-likeness (QED) is 0.660. The van der Waals surface area contributed by atoms with Gasteiger partial charge in [0.1, 0.15) is 4.99 Å². The van der Waals surface area contributed by atoms with Crippen LogP contribution < -0.4 is 10.1 Å². The molecule has 0 atom stereocenters. The molecule has 1 aromatic carbocycles. The molecule has 0 bridgehead atoms. The van der Waals surface area contributed by atoms with E-state index < -0.39 is 0 Å². The van der Waals surface area contributed by atoms with Gasteiger partial charge in [0.25, 0.3) is 0 Å². The number of phenolic OH excluding ortho intramolecular Hbond substituents is 1. The summed E-state index contributed by atoms with van der Waals surface area (Å²) in [6, 6.07) is 4.84. The van der Waals surface area contributed by atoms with Crippen LogP contribution in [-0.2, 0) is 0 Å². The van der Waals surface area contributed by atoms with E-state index in [1.54, 1.807) is 12.1 Å². The van der Waals surface area contributed by atoms with Crippen LogP contribution in [0.25, 0.3) is 0 Å². The molecule has 5 heteroatoms. The zero-order valence-corrected chi connectivity index (χ0v) is 9.17. The number of phenols is 1. The van der Waals surface area contributed by atoms with Crippen molar-refractivity contribution in [1.82, 2.24) is 5.32 Å². The maximum absolute atomic E-state index is 9.36. The topological polar surface area (TPSA) is 61.7 Å². The van der Waals surface area contributed by atoms with Gasteiger partial charge >= 0.3 is 0 Å². The van der Waals surface area contributed by atoms with Gasteiger partial charge in [0.2, 0.25) is 0 Å². The van der Waals surface area contributed by atoms with Gasteiger partial charge in [-0.25, -0.2) is 0 Å². The third-order valence-corrected chi connectivity index (χ3v) is 2.22. The van der Waals surface area contributed by atoms with E-state index in [2.05, 4.69) is 5.32 Å². The first-order chi connectivity index (χ1) is 7.19. The van der Waals surface area contributed by atoms with Crippen LogP contribution in [0.4, 0.5) is 0 Å². The van der Waals surface area contributed by atoms with Gasteiger partial charge < -0.3 is 20.3 Å². The van der Waals surface area contributed by atoms with Crippen molar-refractivity contribution in [3.8, 4) is 11.5 Å². The number of ether oxygens (including phenoxy) is 1. The number of rotatable bonds is 4. The minimum Gasteiger partial charge on any atom is -0.504 e. The highest BCUT2D eigenvalue weighted by Crippen LogP contribution is 2.26. The molecule has 0 heterocycles. The van der Waals surface area contributed by atoms with Gasteiger partial charge in [-0.15, -0.1) is 0 Å². The Balaban J connectivity index is 2.81. The van der Waals surface area contributed by atoms with E-state index in [1.807, 2.05) is 0 Å². The van der Waals surface area contributed by atoms with Gasteiger partial charge in [-0.2, -0.15) is 0 Å². The van der Waals surface area contributed by atoms with Crippen molar-refractivity contribution in [2.24, 2.45) is 0 Å². The summed E-state index contributed by atoms with van der Waals surface area (Å²) in [7, 11) is 1.48. The summed E-state index contributed by atoms with van der Waals surface area (Å²) in [5.74, 6) is 0.451. The van der Waals surface area contributed by atoms with Crippen molar-refractivity contribution < 1.29 is 14.9 Å². The SMILES string of the molecule is COc1cc(C(=S)NCCO)ccc1O. The third kappa shape index (κ3) is 3.07. The van der Waals surface area contributed by atoms with Gasteiger partial charge in [0, 0.05) is 12.1 Å². The van der Waals surface area contributed by atoms with Crippen LogP contribution in [-0.4, -0.2) is 35.5 Å². The molecule has 4 nitrogen and oxygen atoms in total. The van der Waals surface area contributed by atoms with Crippen LogP contribution in [0.2, 0.25) is 0 Å². The Hall–Kier alpha value is -1.33. The Morgan fingerprint density at radius 1 is 1.53 bits per heavy atom. The molecule has 15 heavy (non-hydrogen) atoms. The molecule has 0 radical (unpaired) electrons. The molecule has 0 saturated carbocycles. The zero-order chi connectivity index (χ0) is 11.3. The van der Waals surface area contributed by atoms with Crippen LogP contribution in [0.1, 0.15) is 5.56 Å². The largest absolute Gasteiger partial charge is 0.504 e. The number of aliphatic hydroxyl groups excluding tert-OH is 1. The first-order valence-electron chi connectivity index (χ1n) is 4.45. The van der Waals surface area contributed by atoms with E-state index in [0.29, 0.717) is 17.3 Å². The fraction of sp³-hybridized carbons (Fsp3) is 0.300. The molecule has 1 rings (SSSR count). The molecule has 0 aromatic heterocycles. The lowest BCUT2D eigenvalue weighted by Crippen LogP contribution is -2.25. The van der Waals surface area contributed by atoms with E-state index in [4.69, 9.17) is 22.1 Å². The molecule has 0 amide bonds. The molecule has 0 aliphatic heterocycles. The maximum atomic E-state index is 9.36. The average Bonchev–Trinajstić information content (AvgIpc) is 2.26. The molecule has 0 saturated heterocycles. The minimum atomic E-state index is 0.0232. The highest BCUT2D eigenvalue weighted by molar-refractivity contribution is 7.80. The number of hydrogen-bond acceptors (Lipinski definition) is 4. The molecule has 1 aromatic rings. The maximum Gasteiger partial charge on any atom is 0.161 e. The second kappa shape index (κ2) is 5.53. The normalized spacial score (nSPS) is 9.73. The molecule has 0 aliphatic carbocycles. The van der Waals surface area contributed by atoms with Crippen LogP contribution in [0.3, 0.4) is 0 Å². The summed E-state index contributed by atoms with van der Waals surface area (Å²) in [5.41, 5.74) is 0.744. The molecule has 0 fully saturated rings. The average molecular weight is 227 g/mol. The Morgan fingerprint density at radius 3 is 2.87 bits per heavy atom. The third-order valence-electron chi connectivity index (χ3n) is 1.84. The van der Waals surface area contributed by atoms with E-state index in [1.165, 1.54) is 13.2 Å². The van der Waals surface area contributed by atoms with Crippen LogP contribution >= 0.6 is 12.2 Å². The number of thiocarbonyl (C=S) groups is 1. The lowest BCUT2D eigenvalue weighted by Gasteiger charge is -2.09. The molecule has 0 aliphatic rings. The zero-order valence-electron chi connectivity index (χ0n) is 8.36. The van der Waals surface area contributed by atoms with Crippen LogP contribution in [0.15, 0.2) is 18.2 Å². The standard InChI is InChI=1S/C10H13NO3S/c1-14-9-6-7(2-3-8(9)13)10(15)11-4-5-12/h2-3,6,12-13H,4-5H2,1H3,(H,11,15). The predicted octanol–water partition coefficient (Wildman–Crippen LogP) is 0.658. The Kier molecular flexibility index (Phi) is 4.33. The Labute approximate surface area is 93.5 Å². The van der Waals surface area contributed by atoms with Crippen LogP contribution in [0, 0.1) is 0 Å². The predicted molar refractivity (Wildman–Crippen MR) is 61.4 cm³/mol. The monoisotopic (exact) mass is 227 g/mol. The Morgan fingerprint density at radius 2 is 2.27 bits per heavy atom. The first kappa shape index (κ1) is 11.7. The first-order valence-corrected chi connectivity index (χ1v) is 4.86. The van der Waals surface area contributed by atoms with Crippen molar-refractivity contribution in [3.63, 3.8) is 0 Å². The van der Waals surface area contributed by atoms with Gasteiger partial charge in [0.05, 0.1) is 13.7 Å². The van der Waals surface area contributed by atoms with E-state index in [-0.39, 0.29) is 12.4 Å². The number of hydrogen-bond donors (Lipinski definition) is 3. The lowest BCUT2D eigenvalue weighted by atomic mass is 10.2. The van der Waals surface area contributed by atoms with E-state index in [0.717, 1.165) is 5.56 Å². The summed E-state index contributed by atoms with van der Waals surface area (Å²) in [5, 5.41) is 20.8. The molecular weight excluding hydrogens is 214 g/mol. The van der Waals surface area contributed by atoms with Gasteiger partial charge in [-0.05, 0) is 18.2 Å². The van der Waals surface area contributed by atoms with Gasteiger partial charge in [-0.1, -0.05) is 12.2 Å². The highest BCUT2D eigenvalue weighted by atomic mass is 32.1. The van der Waals surface area contributed by atoms with Crippen LogP contribution in [0.5, 0.6) is 11.5 Å². The van der Waals surface area contributed by atoms with Gasteiger partial charge in [0.15, 0.2) is 11.5 Å². The van der Waals surface area contributed by atoms with Gasteiger partial charge in [-0.3, -0.25) is 0 Å². The van der Waals surface area contributed by atoms with Crippen molar-refractivity contribution in [2.45, 2.75) is 0 Å². The number of methoxy groups -OCH3 is 1. The molecule has 0 unspecified atom stereocenters. The smallest absolute Gasteiger partial charge is 0.161 e. The lowest BCUT2D eigenvalue weighted by molar-refractivity contribution is 0.301. The fourth-order valence-electron chi connectivity index (χ4n) is 1.09. The second-order valence-corrected chi connectivity index (χ2v) is 3.27. The molecular formula is C10H13NO3S. The molecule has 82 valence electrons. The summed E-state index contributed by atoms with van der Waals surface area (Å²) in [4.78, 5) is 0.516. The summed E-state index contributed by atoms with van der Waals surface area (Å²) < 4.78 is 4.95. The highest BCUT2D eigenvalue weighted by Gasteiger charge is 2.05. The Bertz CT molecular complexity index is 355. The minimum absolute atomic E-state index is 0.0232. The number of nitrogens with one attached hydrogen (secondary N) is 1. The number of aliphatic hydroxyl groups is 1. The summed E-state index contributed by atoms with van der Waals surface area (Å²) >= 11 is 5.08. The second-order valence-electron chi connectivity index (χ2n) is 2.87. The number of aromatic hydroxyl groups is 1.